The van der Waals surface area contributed by atoms with Crippen molar-refractivity contribution in [3.63, 3.8) is 0 Å². The molecule has 2 aromatic rings. The minimum atomic E-state index is -0.946. The van der Waals surface area contributed by atoms with Gasteiger partial charge in [-0.25, -0.2) is 4.39 Å². The lowest BCUT2D eigenvalue weighted by Crippen LogP contribution is -2.52. The fourth-order valence-electron chi connectivity index (χ4n) is 4.41. The van der Waals surface area contributed by atoms with Crippen molar-refractivity contribution in [2.24, 2.45) is 0 Å². The number of halogens is 1. The van der Waals surface area contributed by atoms with Crippen LogP contribution in [0.3, 0.4) is 0 Å². The number of carbonyl (C=O) groups excluding carboxylic acids is 2. The highest BCUT2D eigenvalue weighted by Crippen LogP contribution is 2.36. The summed E-state index contributed by atoms with van der Waals surface area (Å²) in [4.78, 5) is 26.7. The maximum Gasteiger partial charge on any atom is 0.303 e. The molecule has 0 radical (unpaired) electrons. The van der Waals surface area contributed by atoms with Crippen molar-refractivity contribution in [2.75, 3.05) is 14.1 Å². The lowest BCUT2D eigenvalue weighted by atomic mass is 9.74. The van der Waals surface area contributed by atoms with Gasteiger partial charge < -0.3 is 15.0 Å². The van der Waals surface area contributed by atoms with Crippen LogP contribution >= 0.6 is 0 Å². The number of hydrogen-bond acceptors (Lipinski definition) is 4. The minimum absolute atomic E-state index is 0.0237. The molecule has 31 heavy (non-hydrogen) atoms. The van der Waals surface area contributed by atoms with Crippen molar-refractivity contribution in [2.45, 2.75) is 56.7 Å². The van der Waals surface area contributed by atoms with Gasteiger partial charge in [0.1, 0.15) is 5.82 Å². The summed E-state index contributed by atoms with van der Waals surface area (Å²) >= 11 is 0. The molecule has 0 aromatic heterocycles. The van der Waals surface area contributed by atoms with Gasteiger partial charge in [-0.15, -0.1) is 0 Å². The number of likely N-dealkylation sites (N-methyl/N-ethyl adjacent to an activating group) is 1. The minimum Gasteiger partial charge on any atom is -0.447 e. The molecule has 0 aliphatic heterocycles. The smallest absolute Gasteiger partial charge is 0.303 e. The summed E-state index contributed by atoms with van der Waals surface area (Å²) in [5.74, 6) is -1.00. The van der Waals surface area contributed by atoms with E-state index in [0.29, 0.717) is 5.56 Å². The topological polar surface area (TPSA) is 58.6 Å². The molecule has 1 aliphatic carbocycles. The molecule has 0 saturated heterocycles. The average Bonchev–Trinajstić information content (AvgIpc) is 2.75. The van der Waals surface area contributed by atoms with Crippen LogP contribution in [-0.4, -0.2) is 42.5 Å². The van der Waals surface area contributed by atoms with Gasteiger partial charge in [0.15, 0.2) is 0 Å². The highest BCUT2D eigenvalue weighted by atomic mass is 19.1. The highest BCUT2D eigenvalue weighted by Gasteiger charge is 2.38. The Kier molecular flexibility index (Phi) is 7.44. The van der Waals surface area contributed by atoms with E-state index in [2.05, 4.69) is 24.3 Å². The molecule has 6 heteroatoms. The molecule has 2 aromatic carbocycles. The molecule has 1 saturated carbocycles. The number of amides is 1. The van der Waals surface area contributed by atoms with Gasteiger partial charge in [0.05, 0.1) is 0 Å². The quantitative estimate of drug-likeness (QED) is 0.679. The van der Waals surface area contributed by atoms with Crippen LogP contribution in [-0.2, 0) is 20.7 Å². The van der Waals surface area contributed by atoms with Crippen LogP contribution in [0.5, 0.6) is 0 Å². The van der Waals surface area contributed by atoms with E-state index in [1.807, 2.05) is 30.3 Å². The second-order valence-corrected chi connectivity index (χ2v) is 8.61. The van der Waals surface area contributed by atoms with Gasteiger partial charge in [0.2, 0.25) is 6.10 Å². The molecule has 1 atom stereocenters. The van der Waals surface area contributed by atoms with Crippen molar-refractivity contribution >= 4 is 11.9 Å². The maximum absolute atomic E-state index is 13.3. The van der Waals surface area contributed by atoms with Gasteiger partial charge in [0.25, 0.3) is 5.91 Å². The summed E-state index contributed by atoms with van der Waals surface area (Å²) in [5.41, 5.74) is 1.73. The Morgan fingerprint density at radius 3 is 2.26 bits per heavy atom. The van der Waals surface area contributed by atoms with Crippen LogP contribution < -0.4 is 5.32 Å². The molecule has 1 aliphatic rings. The first-order valence-corrected chi connectivity index (χ1v) is 10.7. The van der Waals surface area contributed by atoms with Crippen molar-refractivity contribution in [1.82, 2.24) is 10.2 Å². The molecule has 0 spiro atoms. The lowest BCUT2D eigenvalue weighted by Gasteiger charge is -2.45. The zero-order valence-electron chi connectivity index (χ0n) is 18.4. The first-order chi connectivity index (χ1) is 14.8. The van der Waals surface area contributed by atoms with E-state index in [9.17, 15) is 14.0 Å². The van der Waals surface area contributed by atoms with Crippen LogP contribution in [0.25, 0.3) is 0 Å². The van der Waals surface area contributed by atoms with Crippen molar-refractivity contribution in [3.05, 3.63) is 71.5 Å². The van der Waals surface area contributed by atoms with Gasteiger partial charge in [-0.05, 0) is 63.9 Å². The van der Waals surface area contributed by atoms with Gasteiger partial charge >= 0.3 is 5.97 Å². The Bertz CT molecular complexity index is 875. The summed E-state index contributed by atoms with van der Waals surface area (Å²) in [6.07, 6.45) is 3.36. The van der Waals surface area contributed by atoms with Crippen LogP contribution in [0.15, 0.2) is 54.6 Å². The highest BCUT2D eigenvalue weighted by molar-refractivity contribution is 5.84. The van der Waals surface area contributed by atoms with Crippen LogP contribution in [0, 0.1) is 5.82 Å². The molecule has 0 heterocycles. The van der Waals surface area contributed by atoms with Crippen LogP contribution in [0.4, 0.5) is 4.39 Å². The van der Waals surface area contributed by atoms with E-state index in [1.54, 1.807) is 12.1 Å². The first kappa shape index (κ1) is 22.9. The van der Waals surface area contributed by atoms with E-state index in [-0.39, 0.29) is 23.3 Å². The largest absolute Gasteiger partial charge is 0.447 e. The second-order valence-electron chi connectivity index (χ2n) is 8.61. The fraction of sp³-hybridized carbons (Fsp3) is 0.440. The van der Waals surface area contributed by atoms with Crippen molar-refractivity contribution < 1.29 is 18.7 Å². The SMILES string of the molecule is CC(=O)OC(C(=O)NC1CCC(Cc2ccc(F)cc2)(N(C)C)CC1)c1ccccc1. The summed E-state index contributed by atoms with van der Waals surface area (Å²) in [5, 5.41) is 3.09. The fourth-order valence-corrected chi connectivity index (χ4v) is 4.41. The third kappa shape index (κ3) is 5.91. The lowest BCUT2D eigenvalue weighted by molar-refractivity contribution is -0.154. The Balaban J connectivity index is 1.64. The number of benzene rings is 2. The van der Waals surface area contributed by atoms with E-state index in [0.717, 1.165) is 37.7 Å². The Labute approximate surface area is 183 Å². The summed E-state index contributed by atoms with van der Waals surface area (Å²) < 4.78 is 18.6. The number of hydrogen-bond donors (Lipinski definition) is 1. The zero-order chi connectivity index (χ0) is 22.4. The normalized spacial score (nSPS) is 22.0. The van der Waals surface area contributed by atoms with Gasteiger partial charge in [0, 0.05) is 24.1 Å². The zero-order valence-corrected chi connectivity index (χ0v) is 18.4. The molecule has 166 valence electrons. The molecule has 1 amide bonds. The van der Waals surface area contributed by atoms with E-state index in [4.69, 9.17) is 4.74 Å². The summed E-state index contributed by atoms with van der Waals surface area (Å²) in [6.45, 7) is 1.31. The number of nitrogens with one attached hydrogen (secondary N) is 1. The molecule has 5 nitrogen and oxygen atoms in total. The van der Waals surface area contributed by atoms with E-state index >= 15 is 0 Å². The van der Waals surface area contributed by atoms with Gasteiger partial charge in [-0.2, -0.15) is 0 Å². The Hall–Kier alpha value is -2.73. The Morgan fingerprint density at radius 2 is 1.71 bits per heavy atom. The molecule has 1 N–H and O–H groups in total. The monoisotopic (exact) mass is 426 g/mol. The van der Waals surface area contributed by atoms with Crippen LogP contribution in [0.2, 0.25) is 0 Å². The number of carbonyl (C=O) groups is 2. The molecular formula is C25H31FN2O3. The van der Waals surface area contributed by atoms with Crippen molar-refractivity contribution in [3.8, 4) is 0 Å². The predicted molar refractivity (Wildman–Crippen MR) is 118 cm³/mol. The van der Waals surface area contributed by atoms with Crippen molar-refractivity contribution in [1.29, 1.82) is 0 Å². The summed E-state index contributed by atoms with van der Waals surface area (Å²) in [7, 11) is 4.16. The third-order valence-corrected chi connectivity index (χ3v) is 6.28. The average molecular weight is 427 g/mol. The number of rotatable bonds is 7. The van der Waals surface area contributed by atoms with E-state index in [1.165, 1.54) is 19.1 Å². The van der Waals surface area contributed by atoms with E-state index < -0.39 is 12.1 Å². The van der Waals surface area contributed by atoms with Gasteiger partial charge in [-0.1, -0.05) is 42.5 Å². The number of ether oxygens (including phenoxy) is 1. The third-order valence-electron chi connectivity index (χ3n) is 6.28. The molecule has 3 rings (SSSR count). The van der Waals surface area contributed by atoms with Gasteiger partial charge in [-0.3, -0.25) is 9.59 Å². The summed E-state index contributed by atoms with van der Waals surface area (Å²) in [6, 6.07) is 15.8. The molecule has 1 unspecified atom stereocenters. The first-order valence-electron chi connectivity index (χ1n) is 10.7. The Morgan fingerprint density at radius 1 is 1.10 bits per heavy atom. The standard InChI is InChI=1S/C25H31FN2O3/c1-18(29)31-23(20-7-5-4-6-8-20)24(30)27-22-13-15-25(16-14-22,28(2)3)17-19-9-11-21(26)12-10-19/h4-12,22-23H,13-17H2,1-3H3,(H,27,30). The molecule has 1 fully saturated rings. The maximum atomic E-state index is 13.3. The molecule has 0 bridgehead atoms. The number of esters is 1. The predicted octanol–water partition coefficient (Wildman–Crippen LogP) is 4.03. The van der Waals surface area contributed by atoms with Crippen LogP contribution in [0.1, 0.15) is 49.8 Å². The molecular weight excluding hydrogens is 395 g/mol. The number of nitrogens with zero attached hydrogens (tertiary/aromatic N) is 1. The second kappa shape index (κ2) is 10.1.